The van der Waals surface area contributed by atoms with Gasteiger partial charge in [0.25, 0.3) is 0 Å². The zero-order valence-electron chi connectivity index (χ0n) is 7.32. The standard InChI is InChI=1S/C10H14SSe/c1-2-3-9-12-11-10-7-5-4-6-8-10/h4-8H,2-3,9H2,1H3. The summed E-state index contributed by atoms with van der Waals surface area (Å²) in [4.78, 5) is 1.42. The van der Waals surface area contributed by atoms with Gasteiger partial charge in [-0.25, -0.2) is 0 Å². The predicted molar refractivity (Wildman–Crippen MR) is 57.8 cm³/mol. The monoisotopic (exact) mass is 246 g/mol. The molecule has 0 bridgehead atoms. The molecule has 0 aliphatic carbocycles. The quantitative estimate of drug-likeness (QED) is 0.564. The number of hydrogen-bond acceptors (Lipinski definition) is 1. The second-order valence-electron chi connectivity index (χ2n) is 2.57. The summed E-state index contributed by atoms with van der Waals surface area (Å²) in [5.41, 5.74) is 0. The van der Waals surface area contributed by atoms with E-state index in [4.69, 9.17) is 0 Å². The van der Waals surface area contributed by atoms with Crippen LogP contribution < -0.4 is 0 Å². The minimum absolute atomic E-state index is 0.747. The normalized spacial score (nSPS) is 10.1. The molecule has 12 heavy (non-hydrogen) atoms. The van der Waals surface area contributed by atoms with Gasteiger partial charge >= 0.3 is 84.3 Å². The van der Waals surface area contributed by atoms with Crippen LogP contribution in [0.4, 0.5) is 0 Å². The van der Waals surface area contributed by atoms with Crippen LogP contribution in [0.15, 0.2) is 35.2 Å². The van der Waals surface area contributed by atoms with Gasteiger partial charge in [-0.15, -0.1) is 0 Å². The van der Waals surface area contributed by atoms with E-state index in [-0.39, 0.29) is 0 Å². The Morgan fingerprint density at radius 3 is 2.67 bits per heavy atom. The van der Waals surface area contributed by atoms with E-state index in [1.165, 1.54) is 23.1 Å². The van der Waals surface area contributed by atoms with E-state index in [0.29, 0.717) is 0 Å². The molecule has 0 spiro atoms. The number of unbranched alkanes of at least 4 members (excludes halogenated alkanes) is 1. The molecule has 0 atom stereocenters. The molecule has 0 heterocycles. The van der Waals surface area contributed by atoms with Crippen molar-refractivity contribution in [1.82, 2.24) is 0 Å². The van der Waals surface area contributed by atoms with Gasteiger partial charge in [0.15, 0.2) is 0 Å². The fourth-order valence-electron chi connectivity index (χ4n) is 0.789. The zero-order chi connectivity index (χ0) is 8.65. The first-order chi connectivity index (χ1) is 5.93. The summed E-state index contributed by atoms with van der Waals surface area (Å²) in [6.45, 7) is 2.25. The van der Waals surface area contributed by atoms with Crippen LogP contribution in [0.3, 0.4) is 0 Å². The van der Waals surface area contributed by atoms with Crippen LogP contribution in [0.1, 0.15) is 19.8 Å². The first-order valence-electron chi connectivity index (χ1n) is 4.28. The van der Waals surface area contributed by atoms with Gasteiger partial charge in [-0.1, -0.05) is 0 Å². The second kappa shape index (κ2) is 6.59. The first-order valence-corrected chi connectivity index (χ1v) is 8.33. The topological polar surface area (TPSA) is 0 Å². The third-order valence-electron chi connectivity index (χ3n) is 1.48. The molecular formula is C10H14SSe. The number of hydrogen-bond donors (Lipinski definition) is 0. The van der Waals surface area contributed by atoms with Crippen LogP contribution >= 0.6 is 10.2 Å². The summed E-state index contributed by atoms with van der Waals surface area (Å²) >= 11 is 0.747. The van der Waals surface area contributed by atoms with Gasteiger partial charge in [0.05, 0.1) is 0 Å². The first kappa shape index (κ1) is 10.2. The molecule has 0 radical (unpaired) electrons. The molecule has 2 heteroatoms. The minimum atomic E-state index is 0.747. The van der Waals surface area contributed by atoms with Gasteiger partial charge in [0, 0.05) is 0 Å². The summed E-state index contributed by atoms with van der Waals surface area (Å²) in [6, 6.07) is 10.7. The van der Waals surface area contributed by atoms with Crippen molar-refractivity contribution in [2.24, 2.45) is 0 Å². The third kappa shape index (κ3) is 4.20. The van der Waals surface area contributed by atoms with Gasteiger partial charge in [-0.2, -0.15) is 0 Å². The third-order valence-corrected chi connectivity index (χ3v) is 5.84. The van der Waals surface area contributed by atoms with Crippen molar-refractivity contribution in [1.29, 1.82) is 0 Å². The average Bonchev–Trinajstić information content (AvgIpc) is 2.14. The maximum atomic E-state index is 2.25. The van der Waals surface area contributed by atoms with Crippen molar-refractivity contribution in [3.8, 4) is 0 Å². The van der Waals surface area contributed by atoms with E-state index in [2.05, 4.69) is 37.3 Å². The molecule has 1 aromatic rings. The molecule has 1 aromatic carbocycles. The van der Waals surface area contributed by atoms with E-state index < -0.39 is 0 Å². The Balaban J connectivity index is 2.16. The molecule has 0 aromatic heterocycles. The Morgan fingerprint density at radius 1 is 1.25 bits per heavy atom. The van der Waals surface area contributed by atoms with Crippen LogP contribution in [0, 0.1) is 0 Å². The van der Waals surface area contributed by atoms with Crippen molar-refractivity contribution < 1.29 is 0 Å². The molecule has 1 rings (SSSR count). The van der Waals surface area contributed by atoms with E-state index in [1.54, 1.807) is 0 Å². The van der Waals surface area contributed by atoms with Gasteiger partial charge < -0.3 is 0 Å². The second-order valence-corrected chi connectivity index (χ2v) is 6.83. The Labute approximate surface area is 84.4 Å². The maximum absolute atomic E-state index is 2.25. The zero-order valence-corrected chi connectivity index (χ0v) is 9.85. The molecule has 0 saturated heterocycles. The van der Waals surface area contributed by atoms with Gasteiger partial charge in [0.1, 0.15) is 0 Å². The average molecular weight is 245 g/mol. The van der Waals surface area contributed by atoms with Crippen LogP contribution in [0.25, 0.3) is 0 Å². The van der Waals surface area contributed by atoms with Crippen LogP contribution in [-0.4, -0.2) is 13.8 Å². The molecule has 0 nitrogen and oxygen atoms in total. The van der Waals surface area contributed by atoms with Crippen molar-refractivity contribution in [2.75, 3.05) is 0 Å². The van der Waals surface area contributed by atoms with Crippen molar-refractivity contribution >= 4 is 24.0 Å². The molecule has 0 unspecified atom stereocenters. The Bertz CT molecular complexity index is 198. The number of benzene rings is 1. The molecule has 0 aliphatic rings. The Morgan fingerprint density at radius 2 is 2.00 bits per heavy atom. The fraction of sp³-hybridized carbons (Fsp3) is 0.400. The molecule has 0 N–H and O–H groups in total. The molecular weight excluding hydrogens is 231 g/mol. The predicted octanol–water partition coefficient (Wildman–Crippen LogP) is 3.62. The number of rotatable bonds is 5. The van der Waals surface area contributed by atoms with Gasteiger partial charge in [-0.05, 0) is 0 Å². The van der Waals surface area contributed by atoms with Crippen molar-refractivity contribution in [3.63, 3.8) is 0 Å². The fourth-order valence-corrected chi connectivity index (χ4v) is 4.82. The summed E-state index contributed by atoms with van der Waals surface area (Å²) in [5, 5.41) is 1.41. The molecule has 0 amide bonds. The molecule has 0 saturated carbocycles. The van der Waals surface area contributed by atoms with E-state index in [9.17, 15) is 0 Å². The van der Waals surface area contributed by atoms with Crippen LogP contribution in [0.5, 0.6) is 0 Å². The summed E-state index contributed by atoms with van der Waals surface area (Å²) in [5.74, 6) is 0. The van der Waals surface area contributed by atoms with Gasteiger partial charge in [0.2, 0.25) is 0 Å². The molecule has 0 fully saturated rings. The van der Waals surface area contributed by atoms with E-state index >= 15 is 0 Å². The van der Waals surface area contributed by atoms with E-state index in [1.807, 2.05) is 10.2 Å². The van der Waals surface area contributed by atoms with Crippen LogP contribution in [-0.2, 0) is 0 Å². The van der Waals surface area contributed by atoms with Gasteiger partial charge in [-0.3, -0.25) is 0 Å². The Hall–Kier alpha value is 0.0895. The molecule has 0 aliphatic heterocycles. The van der Waals surface area contributed by atoms with Crippen LogP contribution in [0.2, 0.25) is 5.32 Å². The Kier molecular flexibility index (Phi) is 5.59. The van der Waals surface area contributed by atoms with Crippen molar-refractivity contribution in [2.45, 2.75) is 30.0 Å². The molecule has 66 valence electrons. The van der Waals surface area contributed by atoms with Crippen molar-refractivity contribution in [3.05, 3.63) is 30.3 Å². The van der Waals surface area contributed by atoms with E-state index in [0.717, 1.165) is 13.8 Å². The summed E-state index contributed by atoms with van der Waals surface area (Å²) in [6.07, 6.45) is 2.72. The summed E-state index contributed by atoms with van der Waals surface area (Å²) in [7, 11) is 2.02. The SMILES string of the molecule is CCCC[Se]Sc1ccccc1. The summed E-state index contributed by atoms with van der Waals surface area (Å²) < 4.78 is 0.